The van der Waals surface area contributed by atoms with E-state index in [2.05, 4.69) is 30.2 Å². The van der Waals surface area contributed by atoms with E-state index in [-0.39, 0.29) is 5.78 Å². The van der Waals surface area contributed by atoms with Crippen molar-refractivity contribution in [3.05, 3.63) is 43.7 Å². The van der Waals surface area contributed by atoms with Gasteiger partial charge in [-0.15, -0.1) is 22.7 Å². The number of hydrogen-bond acceptors (Lipinski definition) is 4. The summed E-state index contributed by atoms with van der Waals surface area (Å²) in [4.78, 5) is 16.4. The maximum Gasteiger partial charge on any atom is 0.186 e. The maximum absolute atomic E-state index is 12.2. The summed E-state index contributed by atoms with van der Waals surface area (Å²) in [5.74, 6) is 0.141. The predicted octanol–water partition coefficient (Wildman–Crippen LogP) is 4.56. The number of hydrogen-bond donors (Lipinski definition) is 0. The Balaban J connectivity index is 2.02. The van der Waals surface area contributed by atoms with Crippen LogP contribution in [0.3, 0.4) is 0 Å². The van der Waals surface area contributed by atoms with Gasteiger partial charge < -0.3 is 0 Å². The summed E-state index contributed by atoms with van der Waals surface area (Å²) in [6.45, 7) is 5.48. The molecule has 102 valence electrons. The number of rotatable bonds is 6. The van der Waals surface area contributed by atoms with Crippen LogP contribution in [0.25, 0.3) is 0 Å². The molecule has 2 heterocycles. The molecule has 0 radical (unpaired) electrons. The fourth-order valence-corrected chi connectivity index (χ4v) is 3.45. The fraction of sp³-hybridized carbons (Fsp3) is 0.357. The predicted molar refractivity (Wildman–Crippen MR) is 83.5 cm³/mol. The summed E-state index contributed by atoms with van der Waals surface area (Å²) >= 11 is 8.95. The normalized spacial score (nSPS) is 11.4. The Bertz CT molecular complexity index is 533. The van der Waals surface area contributed by atoms with Gasteiger partial charge in [-0.1, -0.05) is 17.7 Å². The SMILES string of the molecule is CC(C)N(CC(=O)c1ccc(Cl)s1)Cc1cccs1. The highest BCUT2D eigenvalue weighted by Crippen LogP contribution is 2.22. The summed E-state index contributed by atoms with van der Waals surface area (Å²) in [5, 5.41) is 2.06. The minimum Gasteiger partial charge on any atom is -0.292 e. The third kappa shape index (κ3) is 4.14. The van der Waals surface area contributed by atoms with Gasteiger partial charge in [-0.2, -0.15) is 0 Å². The first-order valence-corrected chi connectivity index (χ1v) is 8.18. The van der Waals surface area contributed by atoms with Crippen LogP contribution in [0, 0.1) is 0 Å². The highest BCUT2D eigenvalue weighted by Gasteiger charge is 2.17. The fourth-order valence-electron chi connectivity index (χ4n) is 1.75. The van der Waals surface area contributed by atoms with Gasteiger partial charge in [-0.05, 0) is 37.4 Å². The smallest absolute Gasteiger partial charge is 0.186 e. The van der Waals surface area contributed by atoms with Crippen LogP contribution in [0.4, 0.5) is 0 Å². The molecule has 0 N–H and O–H groups in total. The lowest BCUT2D eigenvalue weighted by Gasteiger charge is -2.24. The van der Waals surface area contributed by atoms with Crippen molar-refractivity contribution >= 4 is 40.1 Å². The largest absolute Gasteiger partial charge is 0.292 e. The number of carbonyl (C=O) groups is 1. The Morgan fingerprint density at radius 2 is 2.16 bits per heavy atom. The van der Waals surface area contributed by atoms with Crippen molar-refractivity contribution in [2.24, 2.45) is 0 Å². The van der Waals surface area contributed by atoms with Crippen LogP contribution < -0.4 is 0 Å². The summed E-state index contributed by atoms with van der Waals surface area (Å²) in [6, 6.07) is 8.06. The molecule has 2 rings (SSSR count). The van der Waals surface area contributed by atoms with Gasteiger partial charge in [-0.25, -0.2) is 0 Å². The van der Waals surface area contributed by atoms with E-state index in [0.717, 1.165) is 11.4 Å². The summed E-state index contributed by atoms with van der Waals surface area (Å²) < 4.78 is 0.665. The third-order valence-corrected chi connectivity index (χ3v) is 5.00. The number of ketones is 1. The van der Waals surface area contributed by atoms with Crippen molar-refractivity contribution in [3.63, 3.8) is 0 Å². The minimum atomic E-state index is 0.141. The van der Waals surface area contributed by atoms with Gasteiger partial charge in [0.1, 0.15) is 0 Å². The van der Waals surface area contributed by atoms with E-state index in [1.165, 1.54) is 16.2 Å². The molecule has 0 atom stereocenters. The Labute approximate surface area is 126 Å². The van der Waals surface area contributed by atoms with Crippen molar-refractivity contribution in [2.45, 2.75) is 26.4 Å². The van der Waals surface area contributed by atoms with Crippen LogP contribution in [0.2, 0.25) is 4.34 Å². The van der Waals surface area contributed by atoms with Gasteiger partial charge in [0.25, 0.3) is 0 Å². The molecule has 2 aromatic rings. The van der Waals surface area contributed by atoms with Gasteiger partial charge in [0, 0.05) is 17.5 Å². The zero-order chi connectivity index (χ0) is 13.8. The second-order valence-corrected chi connectivity index (χ2v) is 7.35. The molecule has 19 heavy (non-hydrogen) atoms. The zero-order valence-corrected chi connectivity index (χ0v) is 13.3. The number of halogens is 1. The average molecular weight is 314 g/mol. The van der Waals surface area contributed by atoms with Gasteiger partial charge in [0.15, 0.2) is 5.78 Å². The van der Waals surface area contributed by atoms with Crippen LogP contribution in [0.15, 0.2) is 29.6 Å². The molecule has 0 aromatic carbocycles. The summed E-state index contributed by atoms with van der Waals surface area (Å²) in [5.41, 5.74) is 0. The molecule has 0 saturated carbocycles. The van der Waals surface area contributed by atoms with Crippen molar-refractivity contribution in [2.75, 3.05) is 6.54 Å². The molecule has 0 spiro atoms. The molecule has 0 amide bonds. The van der Waals surface area contributed by atoms with Crippen LogP contribution >= 0.6 is 34.3 Å². The van der Waals surface area contributed by atoms with Crippen LogP contribution in [-0.2, 0) is 6.54 Å². The van der Waals surface area contributed by atoms with E-state index in [0.29, 0.717) is 16.9 Å². The molecular weight excluding hydrogens is 298 g/mol. The zero-order valence-electron chi connectivity index (χ0n) is 10.9. The standard InChI is InChI=1S/C14H16ClNOS2/c1-10(2)16(8-11-4-3-7-18-11)9-12(17)13-5-6-14(15)19-13/h3-7,10H,8-9H2,1-2H3. The lowest BCUT2D eigenvalue weighted by atomic mass is 10.2. The topological polar surface area (TPSA) is 20.3 Å². The highest BCUT2D eigenvalue weighted by molar-refractivity contribution is 7.18. The highest BCUT2D eigenvalue weighted by atomic mass is 35.5. The first-order valence-electron chi connectivity index (χ1n) is 6.11. The first kappa shape index (κ1) is 14.7. The molecule has 0 bridgehead atoms. The van der Waals surface area contributed by atoms with E-state index in [1.807, 2.05) is 6.07 Å². The van der Waals surface area contributed by atoms with Crippen LogP contribution in [0.1, 0.15) is 28.4 Å². The quantitative estimate of drug-likeness (QED) is 0.729. The Hall–Kier alpha value is -0.680. The van der Waals surface area contributed by atoms with Gasteiger partial charge in [0.05, 0.1) is 15.8 Å². The molecule has 0 aliphatic carbocycles. The monoisotopic (exact) mass is 313 g/mol. The third-order valence-electron chi connectivity index (χ3n) is 2.86. The van der Waals surface area contributed by atoms with Gasteiger partial charge in [0.2, 0.25) is 0 Å². The van der Waals surface area contributed by atoms with E-state index >= 15 is 0 Å². The summed E-state index contributed by atoms with van der Waals surface area (Å²) in [6.07, 6.45) is 0. The first-order chi connectivity index (χ1) is 9.06. The van der Waals surface area contributed by atoms with Gasteiger partial charge >= 0.3 is 0 Å². The minimum absolute atomic E-state index is 0.141. The number of carbonyl (C=O) groups excluding carboxylic acids is 1. The Kier molecular flexibility index (Phi) is 5.16. The van der Waals surface area contributed by atoms with Crippen molar-refractivity contribution < 1.29 is 4.79 Å². The molecule has 2 aromatic heterocycles. The molecular formula is C14H16ClNOS2. The van der Waals surface area contributed by atoms with Crippen molar-refractivity contribution in [1.82, 2.24) is 4.90 Å². The molecule has 0 fully saturated rings. The molecule has 0 aliphatic heterocycles. The lowest BCUT2D eigenvalue weighted by Crippen LogP contribution is -2.34. The van der Waals surface area contributed by atoms with Crippen LogP contribution in [0.5, 0.6) is 0 Å². The molecule has 0 saturated heterocycles. The average Bonchev–Trinajstić information content (AvgIpc) is 2.99. The number of Topliss-reactive ketones (excluding diaryl/α,β-unsaturated/α-hetero) is 1. The number of nitrogens with zero attached hydrogens (tertiary/aromatic N) is 1. The van der Waals surface area contributed by atoms with E-state index in [9.17, 15) is 4.79 Å². The summed E-state index contributed by atoms with van der Waals surface area (Å²) in [7, 11) is 0. The van der Waals surface area contributed by atoms with Crippen LogP contribution in [-0.4, -0.2) is 23.3 Å². The molecule has 2 nitrogen and oxygen atoms in total. The molecule has 0 unspecified atom stereocenters. The van der Waals surface area contributed by atoms with E-state index in [4.69, 9.17) is 11.6 Å². The van der Waals surface area contributed by atoms with Gasteiger partial charge in [-0.3, -0.25) is 9.69 Å². The number of thiophene rings is 2. The lowest BCUT2D eigenvalue weighted by molar-refractivity contribution is 0.0903. The molecule has 0 aliphatic rings. The van der Waals surface area contributed by atoms with Crippen molar-refractivity contribution in [1.29, 1.82) is 0 Å². The van der Waals surface area contributed by atoms with Crippen molar-refractivity contribution in [3.8, 4) is 0 Å². The van der Waals surface area contributed by atoms with E-state index in [1.54, 1.807) is 23.5 Å². The maximum atomic E-state index is 12.2. The van der Waals surface area contributed by atoms with E-state index < -0.39 is 0 Å². The molecule has 5 heteroatoms. The second-order valence-electron chi connectivity index (χ2n) is 4.61. The Morgan fingerprint density at radius 3 is 2.68 bits per heavy atom. The Morgan fingerprint density at radius 1 is 1.37 bits per heavy atom. The second kappa shape index (κ2) is 6.66.